The van der Waals surface area contributed by atoms with Crippen molar-refractivity contribution in [1.29, 1.82) is 5.26 Å². The first-order valence-corrected chi connectivity index (χ1v) is 6.14. The van der Waals surface area contributed by atoms with Crippen molar-refractivity contribution in [1.82, 2.24) is 0 Å². The standard InChI is InChI=1S/C12H12ClN3O2/c13-11-6-9(15-4-2-1-3-5-15)7-12(16(17)18)10(11)8-14/h6-7H,1-5H2. The Morgan fingerprint density at radius 3 is 2.56 bits per heavy atom. The van der Waals surface area contributed by atoms with Crippen LogP contribution in [0, 0.1) is 21.4 Å². The third kappa shape index (κ3) is 2.39. The van der Waals surface area contributed by atoms with E-state index < -0.39 is 4.92 Å². The molecule has 6 heteroatoms. The van der Waals surface area contributed by atoms with Crippen molar-refractivity contribution in [3.05, 3.63) is 32.8 Å². The summed E-state index contributed by atoms with van der Waals surface area (Å²) in [6.07, 6.45) is 3.33. The number of rotatable bonds is 2. The lowest BCUT2D eigenvalue weighted by molar-refractivity contribution is -0.385. The van der Waals surface area contributed by atoms with Gasteiger partial charge in [0.2, 0.25) is 0 Å². The molecule has 0 bridgehead atoms. The molecule has 0 atom stereocenters. The van der Waals surface area contributed by atoms with E-state index in [2.05, 4.69) is 4.90 Å². The number of nitro groups is 1. The zero-order valence-corrected chi connectivity index (χ0v) is 10.5. The van der Waals surface area contributed by atoms with E-state index in [-0.39, 0.29) is 16.3 Å². The number of nitro benzene ring substituents is 1. The zero-order chi connectivity index (χ0) is 13.1. The molecular formula is C12H12ClN3O2. The minimum absolute atomic E-state index is 0.0672. The van der Waals surface area contributed by atoms with E-state index >= 15 is 0 Å². The molecule has 1 aromatic carbocycles. The summed E-state index contributed by atoms with van der Waals surface area (Å²) in [5, 5.41) is 20.0. The van der Waals surface area contributed by atoms with Crippen LogP contribution in [0.3, 0.4) is 0 Å². The first-order chi connectivity index (χ1) is 8.63. The highest BCUT2D eigenvalue weighted by Gasteiger charge is 2.21. The molecule has 0 aromatic heterocycles. The number of benzene rings is 1. The molecule has 1 heterocycles. The number of halogens is 1. The fourth-order valence-electron chi connectivity index (χ4n) is 2.17. The topological polar surface area (TPSA) is 70.2 Å². The van der Waals surface area contributed by atoms with E-state index in [1.165, 1.54) is 12.5 Å². The van der Waals surface area contributed by atoms with Crippen LogP contribution in [0.4, 0.5) is 11.4 Å². The van der Waals surface area contributed by atoms with Gasteiger partial charge in [-0.25, -0.2) is 0 Å². The zero-order valence-electron chi connectivity index (χ0n) is 9.73. The monoisotopic (exact) mass is 265 g/mol. The third-order valence-corrected chi connectivity index (χ3v) is 3.38. The molecule has 1 aliphatic rings. The van der Waals surface area contributed by atoms with Crippen LogP contribution in [0.25, 0.3) is 0 Å². The molecule has 18 heavy (non-hydrogen) atoms. The van der Waals surface area contributed by atoms with Crippen LogP contribution >= 0.6 is 11.6 Å². The van der Waals surface area contributed by atoms with Gasteiger partial charge in [0, 0.05) is 24.8 Å². The van der Waals surface area contributed by atoms with Gasteiger partial charge in [0.15, 0.2) is 0 Å². The molecular weight excluding hydrogens is 254 g/mol. The Morgan fingerprint density at radius 1 is 1.33 bits per heavy atom. The SMILES string of the molecule is N#Cc1c(Cl)cc(N2CCCCC2)cc1[N+](=O)[O-]. The van der Waals surface area contributed by atoms with Gasteiger partial charge in [-0.2, -0.15) is 5.26 Å². The van der Waals surface area contributed by atoms with Crippen LogP contribution in [0.1, 0.15) is 24.8 Å². The maximum absolute atomic E-state index is 10.9. The Balaban J connectivity index is 2.44. The smallest absolute Gasteiger partial charge is 0.290 e. The van der Waals surface area contributed by atoms with Gasteiger partial charge < -0.3 is 4.90 Å². The summed E-state index contributed by atoms with van der Waals surface area (Å²) < 4.78 is 0. The van der Waals surface area contributed by atoms with Gasteiger partial charge in [0.25, 0.3) is 5.69 Å². The number of piperidine rings is 1. The van der Waals surface area contributed by atoms with E-state index in [0.717, 1.165) is 31.6 Å². The van der Waals surface area contributed by atoms with Crippen LogP contribution in [0.15, 0.2) is 12.1 Å². The highest BCUT2D eigenvalue weighted by molar-refractivity contribution is 6.32. The average Bonchev–Trinajstić information content (AvgIpc) is 2.38. The van der Waals surface area contributed by atoms with Crippen molar-refractivity contribution >= 4 is 23.0 Å². The largest absolute Gasteiger partial charge is 0.371 e. The number of hydrogen-bond acceptors (Lipinski definition) is 4. The fraction of sp³-hybridized carbons (Fsp3) is 0.417. The summed E-state index contributed by atoms with van der Waals surface area (Å²) in [7, 11) is 0. The fourth-order valence-corrected chi connectivity index (χ4v) is 2.42. The van der Waals surface area contributed by atoms with E-state index in [0.29, 0.717) is 0 Å². The van der Waals surface area contributed by atoms with Crippen LogP contribution in [0.5, 0.6) is 0 Å². The van der Waals surface area contributed by atoms with Crippen molar-refractivity contribution in [3.63, 3.8) is 0 Å². The summed E-state index contributed by atoms with van der Waals surface area (Å²) in [4.78, 5) is 12.5. The van der Waals surface area contributed by atoms with Gasteiger partial charge in [-0.05, 0) is 25.3 Å². The molecule has 1 aromatic rings. The third-order valence-electron chi connectivity index (χ3n) is 3.08. The Morgan fingerprint density at radius 2 is 2.00 bits per heavy atom. The molecule has 0 unspecified atom stereocenters. The molecule has 0 aliphatic carbocycles. The molecule has 0 saturated carbocycles. The highest BCUT2D eigenvalue weighted by atomic mass is 35.5. The number of hydrogen-bond donors (Lipinski definition) is 0. The van der Waals surface area contributed by atoms with E-state index in [9.17, 15) is 10.1 Å². The summed E-state index contributed by atoms with van der Waals surface area (Å²) in [6, 6.07) is 4.86. The van der Waals surface area contributed by atoms with Crippen LogP contribution in [0.2, 0.25) is 5.02 Å². The molecule has 0 radical (unpaired) electrons. The Labute approximate surface area is 110 Å². The Hall–Kier alpha value is -1.80. The van der Waals surface area contributed by atoms with Gasteiger partial charge in [0.05, 0.1) is 9.95 Å². The quantitative estimate of drug-likeness (QED) is 0.608. The van der Waals surface area contributed by atoms with Crippen LogP contribution in [-0.2, 0) is 0 Å². The Bertz CT molecular complexity index is 519. The predicted octanol–water partition coefficient (Wildman–Crippen LogP) is 3.11. The average molecular weight is 266 g/mol. The molecule has 1 fully saturated rings. The van der Waals surface area contributed by atoms with E-state index in [1.807, 2.05) is 0 Å². The highest BCUT2D eigenvalue weighted by Crippen LogP contribution is 2.32. The summed E-state index contributed by atoms with van der Waals surface area (Å²) in [5.41, 5.74) is 0.443. The maximum Gasteiger partial charge on any atom is 0.290 e. The normalized spacial score (nSPS) is 15.2. The van der Waals surface area contributed by atoms with E-state index in [1.54, 1.807) is 12.1 Å². The lowest BCUT2D eigenvalue weighted by atomic mass is 10.1. The minimum atomic E-state index is -0.558. The number of nitriles is 1. The predicted molar refractivity (Wildman–Crippen MR) is 68.9 cm³/mol. The Kier molecular flexibility index (Phi) is 3.68. The van der Waals surface area contributed by atoms with Gasteiger partial charge in [0.1, 0.15) is 11.6 Å². The van der Waals surface area contributed by atoms with Crippen molar-refractivity contribution in [2.45, 2.75) is 19.3 Å². The van der Waals surface area contributed by atoms with Gasteiger partial charge in [-0.3, -0.25) is 10.1 Å². The molecule has 0 spiro atoms. The van der Waals surface area contributed by atoms with Crippen molar-refractivity contribution < 1.29 is 4.92 Å². The molecule has 2 rings (SSSR count). The van der Waals surface area contributed by atoms with Crippen molar-refractivity contribution in [3.8, 4) is 6.07 Å². The van der Waals surface area contributed by atoms with Gasteiger partial charge >= 0.3 is 0 Å². The lowest BCUT2D eigenvalue weighted by Gasteiger charge is -2.28. The van der Waals surface area contributed by atoms with Crippen LogP contribution in [-0.4, -0.2) is 18.0 Å². The first kappa shape index (κ1) is 12.7. The molecule has 0 N–H and O–H groups in total. The molecule has 94 valence electrons. The van der Waals surface area contributed by atoms with Crippen molar-refractivity contribution in [2.24, 2.45) is 0 Å². The second kappa shape index (κ2) is 5.23. The summed E-state index contributed by atoms with van der Waals surface area (Å²) >= 11 is 5.94. The maximum atomic E-state index is 10.9. The molecule has 5 nitrogen and oxygen atoms in total. The molecule has 1 saturated heterocycles. The first-order valence-electron chi connectivity index (χ1n) is 5.76. The summed E-state index contributed by atoms with van der Waals surface area (Å²) in [5.74, 6) is 0. The van der Waals surface area contributed by atoms with Gasteiger partial charge in [-0.15, -0.1) is 0 Å². The number of anilines is 1. The number of nitrogens with zero attached hydrogens (tertiary/aromatic N) is 3. The molecule has 0 amide bonds. The molecule has 1 aliphatic heterocycles. The van der Waals surface area contributed by atoms with Crippen LogP contribution < -0.4 is 4.90 Å². The second-order valence-corrected chi connectivity index (χ2v) is 4.65. The van der Waals surface area contributed by atoms with Crippen molar-refractivity contribution in [2.75, 3.05) is 18.0 Å². The lowest BCUT2D eigenvalue weighted by Crippen LogP contribution is -2.29. The second-order valence-electron chi connectivity index (χ2n) is 4.24. The van der Waals surface area contributed by atoms with E-state index in [4.69, 9.17) is 16.9 Å². The van der Waals surface area contributed by atoms with Gasteiger partial charge in [-0.1, -0.05) is 11.6 Å². The minimum Gasteiger partial charge on any atom is -0.371 e. The summed E-state index contributed by atoms with van der Waals surface area (Å²) in [6.45, 7) is 1.75.